The van der Waals surface area contributed by atoms with E-state index in [-0.39, 0.29) is 6.61 Å². The Bertz CT molecular complexity index is 447. The van der Waals surface area contributed by atoms with Crippen LogP contribution < -0.4 is 0 Å². The summed E-state index contributed by atoms with van der Waals surface area (Å²) in [5.41, 5.74) is 1.17. The number of hydrogen-bond acceptors (Lipinski definition) is 2. The summed E-state index contributed by atoms with van der Waals surface area (Å²) in [4.78, 5) is 0.853. The fraction of sp³-hybridized carbons (Fsp3) is 0.200. The molecule has 0 atom stereocenters. The number of benzene rings is 1. The lowest BCUT2D eigenvalue weighted by Crippen LogP contribution is -1.76. The fourth-order valence-corrected chi connectivity index (χ4v) is 2.94. The van der Waals surface area contributed by atoms with Gasteiger partial charge in [-0.15, -0.1) is 11.3 Å². The van der Waals surface area contributed by atoms with Gasteiger partial charge in [0.1, 0.15) is 0 Å². The molecule has 0 aliphatic rings. The van der Waals surface area contributed by atoms with E-state index in [4.69, 9.17) is 16.7 Å². The highest BCUT2D eigenvalue weighted by Gasteiger charge is 2.10. The Balaban J connectivity index is 2.85. The molecule has 1 heterocycles. The Labute approximate surface area is 85.6 Å². The van der Waals surface area contributed by atoms with Gasteiger partial charge in [-0.05, 0) is 18.6 Å². The van der Waals surface area contributed by atoms with Crippen molar-refractivity contribution in [3.05, 3.63) is 33.7 Å². The summed E-state index contributed by atoms with van der Waals surface area (Å²) in [6.07, 6.45) is 0. The van der Waals surface area contributed by atoms with E-state index in [0.29, 0.717) is 5.02 Å². The molecule has 2 rings (SSSR count). The van der Waals surface area contributed by atoms with Gasteiger partial charge in [0.05, 0.1) is 11.6 Å². The second-order valence-corrected chi connectivity index (χ2v) is 4.46. The van der Waals surface area contributed by atoms with Crippen molar-refractivity contribution < 1.29 is 5.11 Å². The van der Waals surface area contributed by atoms with Crippen LogP contribution in [0, 0.1) is 6.92 Å². The van der Waals surface area contributed by atoms with Crippen LogP contribution in [0.15, 0.2) is 18.2 Å². The summed E-state index contributed by atoms with van der Waals surface area (Å²) >= 11 is 7.67. The van der Waals surface area contributed by atoms with Gasteiger partial charge in [-0.1, -0.05) is 23.7 Å². The van der Waals surface area contributed by atoms with E-state index in [0.717, 1.165) is 15.0 Å². The predicted molar refractivity (Wildman–Crippen MR) is 57.5 cm³/mol. The first-order valence-electron chi connectivity index (χ1n) is 4.01. The van der Waals surface area contributed by atoms with Gasteiger partial charge < -0.3 is 5.11 Å². The van der Waals surface area contributed by atoms with Crippen LogP contribution in [-0.2, 0) is 6.61 Å². The van der Waals surface area contributed by atoms with Crippen LogP contribution >= 0.6 is 22.9 Å². The maximum atomic E-state index is 9.04. The van der Waals surface area contributed by atoms with Crippen molar-refractivity contribution in [1.29, 1.82) is 0 Å². The number of aliphatic hydroxyl groups is 1. The van der Waals surface area contributed by atoms with Gasteiger partial charge in [0.15, 0.2) is 0 Å². The van der Waals surface area contributed by atoms with E-state index in [1.165, 1.54) is 5.56 Å². The zero-order valence-electron chi connectivity index (χ0n) is 7.17. The smallest absolute Gasteiger partial charge is 0.0789 e. The molecule has 2 aromatic rings. The monoisotopic (exact) mass is 212 g/mol. The Kier molecular flexibility index (Phi) is 2.28. The van der Waals surface area contributed by atoms with Crippen molar-refractivity contribution in [2.24, 2.45) is 0 Å². The molecule has 1 nitrogen and oxygen atoms in total. The van der Waals surface area contributed by atoms with E-state index < -0.39 is 0 Å². The number of aliphatic hydroxyl groups excluding tert-OH is 1. The Morgan fingerprint density at radius 3 is 2.85 bits per heavy atom. The number of thiophene rings is 1. The molecule has 1 N–H and O–H groups in total. The molecule has 0 saturated heterocycles. The predicted octanol–water partition coefficient (Wildman–Crippen LogP) is 3.36. The van der Waals surface area contributed by atoms with Gasteiger partial charge in [-0.3, -0.25) is 0 Å². The number of fused-ring (bicyclic) bond motifs is 1. The zero-order chi connectivity index (χ0) is 9.42. The van der Waals surface area contributed by atoms with E-state index >= 15 is 0 Å². The van der Waals surface area contributed by atoms with E-state index in [9.17, 15) is 0 Å². The molecule has 0 amide bonds. The molecule has 68 valence electrons. The highest BCUT2D eigenvalue weighted by atomic mass is 35.5. The van der Waals surface area contributed by atoms with Gasteiger partial charge in [0, 0.05) is 15.0 Å². The lowest BCUT2D eigenvalue weighted by Gasteiger charge is -1.95. The molecule has 1 aromatic carbocycles. The van der Waals surface area contributed by atoms with Gasteiger partial charge in [-0.25, -0.2) is 0 Å². The first kappa shape index (κ1) is 9.00. The standard InChI is InChI=1S/C10H9ClOS/c1-6-3-2-4-7-9(6)10(11)8(5-12)13-7/h2-4,12H,5H2,1H3. The molecular weight excluding hydrogens is 204 g/mol. The molecule has 0 radical (unpaired) electrons. The van der Waals surface area contributed by atoms with Crippen LogP contribution in [0.4, 0.5) is 0 Å². The third-order valence-corrected chi connectivity index (χ3v) is 3.74. The number of aryl methyl sites for hydroxylation is 1. The Morgan fingerprint density at radius 1 is 1.46 bits per heavy atom. The van der Waals surface area contributed by atoms with E-state index in [1.807, 2.05) is 25.1 Å². The zero-order valence-corrected chi connectivity index (χ0v) is 8.75. The maximum Gasteiger partial charge on any atom is 0.0789 e. The minimum atomic E-state index is 0.0254. The lowest BCUT2D eigenvalue weighted by molar-refractivity contribution is 0.285. The van der Waals surface area contributed by atoms with Crippen molar-refractivity contribution in [3.63, 3.8) is 0 Å². The second kappa shape index (κ2) is 3.29. The Hall–Kier alpha value is -0.570. The van der Waals surface area contributed by atoms with Crippen LogP contribution in [0.3, 0.4) is 0 Å². The first-order valence-corrected chi connectivity index (χ1v) is 5.21. The molecular formula is C10H9ClOS. The van der Waals surface area contributed by atoms with Crippen LogP contribution in [0.5, 0.6) is 0 Å². The molecule has 0 aliphatic carbocycles. The highest BCUT2D eigenvalue weighted by Crippen LogP contribution is 2.36. The SMILES string of the molecule is Cc1cccc2sc(CO)c(Cl)c12. The molecule has 0 saturated carbocycles. The summed E-state index contributed by atoms with van der Waals surface area (Å²) in [7, 11) is 0. The van der Waals surface area contributed by atoms with E-state index in [2.05, 4.69) is 0 Å². The lowest BCUT2D eigenvalue weighted by atomic mass is 10.1. The molecule has 3 heteroatoms. The van der Waals surface area contributed by atoms with Gasteiger partial charge >= 0.3 is 0 Å². The average Bonchev–Trinajstić information content (AvgIpc) is 2.44. The van der Waals surface area contributed by atoms with Gasteiger partial charge in [0.2, 0.25) is 0 Å². The van der Waals surface area contributed by atoms with Gasteiger partial charge in [0.25, 0.3) is 0 Å². The van der Waals surface area contributed by atoms with Crippen molar-refractivity contribution >= 4 is 33.0 Å². The Morgan fingerprint density at radius 2 is 2.23 bits per heavy atom. The first-order chi connectivity index (χ1) is 6.24. The van der Waals surface area contributed by atoms with Crippen LogP contribution in [0.25, 0.3) is 10.1 Å². The summed E-state index contributed by atoms with van der Waals surface area (Å²) in [5, 5.41) is 10.8. The topological polar surface area (TPSA) is 20.2 Å². The van der Waals surface area contributed by atoms with Crippen LogP contribution in [0.1, 0.15) is 10.4 Å². The van der Waals surface area contributed by atoms with Crippen molar-refractivity contribution in [2.75, 3.05) is 0 Å². The third kappa shape index (κ3) is 1.35. The molecule has 0 unspecified atom stereocenters. The quantitative estimate of drug-likeness (QED) is 0.769. The number of hydrogen-bond donors (Lipinski definition) is 1. The largest absolute Gasteiger partial charge is 0.391 e. The fourth-order valence-electron chi connectivity index (χ4n) is 1.43. The summed E-state index contributed by atoms with van der Waals surface area (Å²) in [5.74, 6) is 0. The van der Waals surface area contributed by atoms with Gasteiger partial charge in [-0.2, -0.15) is 0 Å². The van der Waals surface area contributed by atoms with Crippen molar-refractivity contribution in [2.45, 2.75) is 13.5 Å². The van der Waals surface area contributed by atoms with Crippen LogP contribution in [-0.4, -0.2) is 5.11 Å². The summed E-state index contributed by atoms with van der Waals surface area (Å²) < 4.78 is 1.15. The molecule has 0 spiro atoms. The maximum absolute atomic E-state index is 9.04. The normalized spacial score (nSPS) is 11.0. The number of halogens is 1. The van der Waals surface area contributed by atoms with E-state index in [1.54, 1.807) is 11.3 Å². The number of rotatable bonds is 1. The molecule has 0 aliphatic heterocycles. The van der Waals surface area contributed by atoms with Crippen molar-refractivity contribution in [3.8, 4) is 0 Å². The molecule has 13 heavy (non-hydrogen) atoms. The molecule has 0 bridgehead atoms. The van der Waals surface area contributed by atoms with Crippen molar-refractivity contribution in [1.82, 2.24) is 0 Å². The van der Waals surface area contributed by atoms with Crippen LogP contribution in [0.2, 0.25) is 5.02 Å². The summed E-state index contributed by atoms with van der Waals surface area (Å²) in [6, 6.07) is 6.06. The second-order valence-electron chi connectivity index (χ2n) is 2.95. The minimum absolute atomic E-state index is 0.0254. The molecule has 0 fully saturated rings. The summed E-state index contributed by atoms with van der Waals surface area (Å²) in [6.45, 7) is 2.06. The average molecular weight is 213 g/mol. The molecule has 1 aromatic heterocycles. The third-order valence-electron chi connectivity index (χ3n) is 2.08. The highest BCUT2D eigenvalue weighted by molar-refractivity contribution is 7.19. The minimum Gasteiger partial charge on any atom is -0.391 e.